The third-order valence-electron chi connectivity index (χ3n) is 3.38. The van der Waals surface area contributed by atoms with Crippen LogP contribution in [0, 0.1) is 0 Å². The lowest BCUT2D eigenvalue weighted by atomic mass is 10.3. The van der Waals surface area contributed by atoms with Crippen LogP contribution < -0.4 is 10.0 Å². The van der Waals surface area contributed by atoms with Crippen LogP contribution in [0.5, 0.6) is 0 Å². The lowest BCUT2D eigenvalue weighted by Gasteiger charge is -2.09. The zero-order chi connectivity index (χ0) is 15.9. The number of aryl methyl sites for hydroxylation is 1. The van der Waals surface area contributed by atoms with E-state index in [9.17, 15) is 8.42 Å². The summed E-state index contributed by atoms with van der Waals surface area (Å²) in [5.41, 5.74) is 1.00. The maximum atomic E-state index is 12.3. The molecular formula is C15H29N3O2S. The topological polar surface area (TPSA) is 63.1 Å². The van der Waals surface area contributed by atoms with Crippen LogP contribution in [0.4, 0.5) is 0 Å². The third kappa shape index (κ3) is 5.80. The van der Waals surface area contributed by atoms with E-state index in [-0.39, 0.29) is 0 Å². The van der Waals surface area contributed by atoms with E-state index in [2.05, 4.69) is 30.8 Å². The predicted octanol–water partition coefficient (Wildman–Crippen LogP) is 2.47. The van der Waals surface area contributed by atoms with Crippen molar-refractivity contribution in [3.63, 3.8) is 0 Å². The van der Waals surface area contributed by atoms with E-state index in [1.54, 1.807) is 12.3 Å². The van der Waals surface area contributed by atoms with Crippen molar-refractivity contribution in [2.45, 2.75) is 71.0 Å². The fourth-order valence-electron chi connectivity index (χ4n) is 2.09. The highest BCUT2D eigenvalue weighted by Crippen LogP contribution is 2.15. The van der Waals surface area contributed by atoms with Crippen molar-refractivity contribution in [3.8, 4) is 0 Å². The van der Waals surface area contributed by atoms with Crippen molar-refractivity contribution < 1.29 is 8.42 Å². The highest BCUT2D eigenvalue weighted by Gasteiger charge is 2.17. The van der Waals surface area contributed by atoms with Crippen LogP contribution in [-0.4, -0.2) is 25.6 Å². The van der Waals surface area contributed by atoms with Gasteiger partial charge in [-0.1, -0.05) is 33.6 Å². The number of rotatable bonds is 10. The number of hydrogen-bond acceptors (Lipinski definition) is 3. The lowest BCUT2D eigenvalue weighted by molar-refractivity contribution is 0.561. The van der Waals surface area contributed by atoms with Gasteiger partial charge in [-0.05, 0) is 19.4 Å². The largest absolute Gasteiger partial charge is 0.349 e. The number of aromatic nitrogens is 1. The van der Waals surface area contributed by atoms with Gasteiger partial charge in [-0.25, -0.2) is 13.1 Å². The standard InChI is InChI=1S/C15H29N3O2S/c1-5-7-8-9-17-21(19,20)15-10-14(11-16-13(3)4)18(6-2)12-15/h10,12-13,16-17H,5-9,11H2,1-4H3. The van der Waals surface area contributed by atoms with E-state index < -0.39 is 10.0 Å². The Morgan fingerprint density at radius 2 is 1.95 bits per heavy atom. The second-order valence-corrected chi connectivity index (χ2v) is 7.36. The number of sulfonamides is 1. The molecule has 0 aliphatic rings. The molecule has 6 heteroatoms. The molecule has 1 aromatic heterocycles. The van der Waals surface area contributed by atoms with Gasteiger partial charge in [-0.2, -0.15) is 0 Å². The van der Waals surface area contributed by atoms with Gasteiger partial charge in [-0.3, -0.25) is 0 Å². The van der Waals surface area contributed by atoms with Crippen LogP contribution in [0.3, 0.4) is 0 Å². The zero-order valence-electron chi connectivity index (χ0n) is 13.6. The first-order chi connectivity index (χ1) is 9.90. The van der Waals surface area contributed by atoms with Crippen molar-refractivity contribution in [1.29, 1.82) is 0 Å². The molecule has 0 aliphatic heterocycles. The highest BCUT2D eigenvalue weighted by molar-refractivity contribution is 7.89. The minimum Gasteiger partial charge on any atom is -0.349 e. The summed E-state index contributed by atoms with van der Waals surface area (Å²) < 4.78 is 29.2. The fourth-order valence-corrected chi connectivity index (χ4v) is 3.23. The normalized spacial score (nSPS) is 12.2. The van der Waals surface area contributed by atoms with Gasteiger partial charge in [-0.15, -0.1) is 0 Å². The van der Waals surface area contributed by atoms with E-state index >= 15 is 0 Å². The first-order valence-corrected chi connectivity index (χ1v) is 9.31. The van der Waals surface area contributed by atoms with Crippen molar-refractivity contribution in [1.82, 2.24) is 14.6 Å². The molecule has 0 atom stereocenters. The van der Waals surface area contributed by atoms with E-state index in [1.165, 1.54) is 0 Å². The summed E-state index contributed by atoms with van der Waals surface area (Å²) >= 11 is 0. The summed E-state index contributed by atoms with van der Waals surface area (Å²) in [5.74, 6) is 0. The Hall–Kier alpha value is -0.850. The average Bonchev–Trinajstić information content (AvgIpc) is 2.85. The monoisotopic (exact) mass is 315 g/mol. The van der Waals surface area contributed by atoms with Crippen LogP contribution in [0.25, 0.3) is 0 Å². The minimum atomic E-state index is -3.39. The molecule has 2 N–H and O–H groups in total. The molecule has 0 amide bonds. The summed E-state index contributed by atoms with van der Waals surface area (Å²) in [6.07, 6.45) is 4.73. The van der Waals surface area contributed by atoms with Crippen molar-refractivity contribution in [3.05, 3.63) is 18.0 Å². The molecule has 0 unspecified atom stereocenters. The van der Waals surface area contributed by atoms with Gasteiger partial charge < -0.3 is 9.88 Å². The van der Waals surface area contributed by atoms with Crippen molar-refractivity contribution >= 4 is 10.0 Å². The smallest absolute Gasteiger partial charge is 0.242 e. The Morgan fingerprint density at radius 3 is 2.52 bits per heavy atom. The van der Waals surface area contributed by atoms with Crippen LogP contribution in [-0.2, 0) is 23.1 Å². The Bertz CT molecular complexity index is 521. The van der Waals surface area contributed by atoms with E-state index in [4.69, 9.17) is 0 Å². The molecule has 0 fully saturated rings. The maximum Gasteiger partial charge on any atom is 0.242 e. The molecule has 122 valence electrons. The van der Waals surface area contributed by atoms with Gasteiger partial charge in [0, 0.05) is 37.6 Å². The van der Waals surface area contributed by atoms with E-state index in [0.717, 1.165) is 31.5 Å². The molecule has 0 aromatic carbocycles. The summed E-state index contributed by atoms with van der Waals surface area (Å²) in [6.45, 7) is 10.2. The Balaban J connectivity index is 2.77. The van der Waals surface area contributed by atoms with Crippen LogP contribution in [0.1, 0.15) is 52.7 Å². The summed E-state index contributed by atoms with van der Waals surface area (Å²) in [4.78, 5) is 0.362. The summed E-state index contributed by atoms with van der Waals surface area (Å²) in [7, 11) is -3.39. The Labute approximate surface area is 129 Å². The van der Waals surface area contributed by atoms with Gasteiger partial charge in [0.15, 0.2) is 0 Å². The molecule has 0 spiro atoms. The van der Waals surface area contributed by atoms with Gasteiger partial charge >= 0.3 is 0 Å². The molecule has 5 nitrogen and oxygen atoms in total. The van der Waals surface area contributed by atoms with Crippen molar-refractivity contribution in [2.75, 3.05) is 6.54 Å². The number of nitrogens with one attached hydrogen (secondary N) is 2. The van der Waals surface area contributed by atoms with Gasteiger partial charge in [0.25, 0.3) is 0 Å². The lowest BCUT2D eigenvalue weighted by Crippen LogP contribution is -2.24. The van der Waals surface area contributed by atoms with Crippen LogP contribution in [0.15, 0.2) is 17.2 Å². The SMILES string of the molecule is CCCCCNS(=O)(=O)c1cc(CNC(C)C)n(CC)c1. The number of unbranched alkanes of at least 4 members (excludes halogenated alkanes) is 2. The van der Waals surface area contributed by atoms with Gasteiger partial charge in [0.1, 0.15) is 0 Å². The molecule has 1 aromatic rings. The van der Waals surface area contributed by atoms with Crippen LogP contribution in [0.2, 0.25) is 0 Å². The van der Waals surface area contributed by atoms with Crippen LogP contribution >= 0.6 is 0 Å². The molecule has 1 heterocycles. The summed E-state index contributed by atoms with van der Waals surface area (Å²) in [6, 6.07) is 2.14. The molecule has 0 saturated heterocycles. The predicted molar refractivity (Wildman–Crippen MR) is 86.8 cm³/mol. The second kappa shape index (κ2) is 8.56. The minimum absolute atomic E-state index is 0.362. The molecule has 0 radical (unpaired) electrons. The van der Waals surface area contributed by atoms with E-state index in [1.807, 2.05) is 11.5 Å². The average molecular weight is 315 g/mol. The maximum absolute atomic E-state index is 12.3. The molecule has 1 rings (SSSR count). The fraction of sp³-hybridized carbons (Fsp3) is 0.733. The Morgan fingerprint density at radius 1 is 1.24 bits per heavy atom. The van der Waals surface area contributed by atoms with Gasteiger partial charge in [0.2, 0.25) is 10.0 Å². The first-order valence-electron chi connectivity index (χ1n) is 7.82. The molecule has 0 bridgehead atoms. The Kier molecular flexibility index (Phi) is 7.42. The van der Waals surface area contributed by atoms with E-state index in [0.29, 0.717) is 24.0 Å². The zero-order valence-corrected chi connectivity index (χ0v) is 14.5. The highest BCUT2D eigenvalue weighted by atomic mass is 32.2. The molecule has 0 saturated carbocycles. The second-order valence-electron chi connectivity index (χ2n) is 5.59. The summed E-state index contributed by atoms with van der Waals surface area (Å²) in [5, 5.41) is 3.33. The third-order valence-corrected chi connectivity index (χ3v) is 4.80. The van der Waals surface area contributed by atoms with Gasteiger partial charge in [0.05, 0.1) is 4.90 Å². The van der Waals surface area contributed by atoms with Crippen molar-refractivity contribution in [2.24, 2.45) is 0 Å². The number of hydrogen-bond donors (Lipinski definition) is 2. The first kappa shape index (κ1) is 18.2. The quantitative estimate of drug-likeness (QED) is 0.652. The molecular weight excluding hydrogens is 286 g/mol. The molecule has 21 heavy (non-hydrogen) atoms. The molecule has 0 aliphatic carbocycles. The number of nitrogens with zero attached hydrogens (tertiary/aromatic N) is 1.